The molecule has 0 bridgehead atoms. The number of carbonyl (C=O) groups is 1. The second kappa shape index (κ2) is 7.37. The molecule has 1 rings (SSSR count). The molecule has 0 aliphatic carbocycles. The molecule has 0 saturated heterocycles. The highest BCUT2D eigenvalue weighted by Gasteiger charge is 2.19. The maximum Gasteiger partial charge on any atom is 0.257 e. The van der Waals surface area contributed by atoms with Crippen LogP contribution in [0.2, 0.25) is 0 Å². The molecule has 1 aromatic rings. The summed E-state index contributed by atoms with van der Waals surface area (Å²) in [7, 11) is 1.74. The molecule has 1 aromatic heterocycles. The number of nitrogens with zero attached hydrogens (tertiary/aromatic N) is 3. The monoisotopic (exact) mass is 260 g/mol. The summed E-state index contributed by atoms with van der Waals surface area (Å²) in [6.07, 6.45) is 1.98. The van der Waals surface area contributed by atoms with Gasteiger partial charge in [-0.25, -0.2) is 4.98 Å². The van der Waals surface area contributed by atoms with Gasteiger partial charge in [-0.1, -0.05) is 13.8 Å². The van der Waals surface area contributed by atoms with Crippen LogP contribution in [0.3, 0.4) is 0 Å². The minimum absolute atomic E-state index is 0.0820. The number of pyridine rings is 1. The van der Waals surface area contributed by atoms with Crippen LogP contribution in [-0.2, 0) is 0 Å². The molecule has 0 spiro atoms. The number of rotatable bonds is 6. The van der Waals surface area contributed by atoms with Crippen molar-refractivity contribution in [1.82, 2.24) is 9.88 Å². The number of amides is 1. The largest absolute Gasteiger partial charge is 0.372 e. The Kier molecular flexibility index (Phi) is 5.80. The van der Waals surface area contributed by atoms with Crippen LogP contribution in [0, 0.1) is 17.2 Å². The zero-order chi connectivity index (χ0) is 14.3. The van der Waals surface area contributed by atoms with Gasteiger partial charge in [0, 0.05) is 26.3 Å². The van der Waals surface area contributed by atoms with Crippen LogP contribution in [0.1, 0.15) is 30.6 Å². The molecule has 1 amide bonds. The Bertz CT molecular complexity index is 465. The van der Waals surface area contributed by atoms with Gasteiger partial charge in [0.05, 0.1) is 18.1 Å². The number of carbonyl (C=O) groups excluding carboxylic acids is 1. The van der Waals surface area contributed by atoms with E-state index in [1.165, 1.54) is 0 Å². The second-order valence-corrected chi connectivity index (χ2v) is 4.70. The summed E-state index contributed by atoms with van der Waals surface area (Å²) in [5.74, 6) is 0.844. The average Bonchev–Trinajstić information content (AvgIpc) is 2.42. The van der Waals surface area contributed by atoms with E-state index in [0.717, 1.165) is 0 Å². The standard InChI is InChI=1S/C14H20N4O/c1-11(2)10-18(9-5-7-15)14(19)12-6-4-8-17-13(12)16-3/h4,6,8,11H,5,9-10H2,1-3H3,(H,16,17). The molecular weight excluding hydrogens is 240 g/mol. The molecule has 0 aliphatic heterocycles. The van der Waals surface area contributed by atoms with Crippen LogP contribution in [0.4, 0.5) is 5.82 Å². The quantitative estimate of drug-likeness (QED) is 0.850. The van der Waals surface area contributed by atoms with Crippen molar-refractivity contribution in [3.63, 3.8) is 0 Å². The number of nitriles is 1. The van der Waals surface area contributed by atoms with Crippen molar-refractivity contribution in [1.29, 1.82) is 5.26 Å². The smallest absolute Gasteiger partial charge is 0.257 e. The van der Waals surface area contributed by atoms with Gasteiger partial charge in [0.25, 0.3) is 5.91 Å². The third kappa shape index (κ3) is 4.25. The fourth-order valence-corrected chi connectivity index (χ4v) is 1.85. The third-order valence-electron chi connectivity index (χ3n) is 2.64. The summed E-state index contributed by atoms with van der Waals surface area (Å²) in [6, 6.07) is 5.57. The van der Waals surface area contributed by atoms with Gasteiger partial charge in [0.1, 0.15) is 5.82 Å². The SMILES string of the molecule is CNc1ncccc1C(=O)N(CCC#N)CC(C)C. The Morgan fingerprint density at radius 3 is 2.89 bits per heavy atom. The first-order chi connectivity index (χ1) is 9.10. The summed E-state index contributed by atoms with van der Waals surface area (Å²) in [6.45, 7) is 5.19. The van der Waals surface area contributed by atoms with E-state index in [9.17, 15) is 4.79 Å². The molecule has 0 aromatic carbocycles. The van der Waals surface area contributed by atoms with Crippen LogP contribution in [0.5, 0.6) is 0 Å². The Hall–Kier alpha value is -2.09. The van der Waals surface area contributed by atoms with E-state index in [0.29, 0.717) is 36.8 Å². The fraction of sp³-hybridized carbons (Fsp3) is 0.500. The number of anilines is 1. The maximum atomic E-state index is 12.5. The van der Waals surface area contributed by atoms with E-state index < -0.39 is 0 Å². The van der Waals surface area contributed by atoms with Crippen molar-refractivity contribution in [3.8, 4) is 6.07 Å². The highest BCUT2D eigenvalue weighted by atomic mass is 16.2. The van der Waals surface area contributed by atoms with Gasteiger partial charge in [-0.05, 0) is 18.1 Å². The van der Waals surface area contributed by atoms with Crippen molar-refractivity contribution in [2.45, 2.75) is 20.3 Å². The van der Waals surface area contributed by atoms with E-state index in [1.54, 1.807) is 30.3 Å². The van der Waals surface area contributed by atoms with E-state index >= 15 is 0 Å². The Morgan fingerprint density at radius 1 is 1.58 bits per heavy atom. The zero-order valence-electron chi connectivity index (χ0n) is 11.7. The summed E-state index contributed by atoms with van der Waals surface area (Å²) < 4.78 is 0. The fourth-order valence-electron chi connectivity index (χ4n) is 1.85. The van der Waals surface area contributed by atoms with E-state index in [1.807, 2.05) is 0 Å². The summed E-state index contributed by atoms with van der Waals surface area (Å²) >= 11 is 0. The number of nitrogens with one attached hydrogen (secondary N) is 1. The highest BCUT2D eigenvalue weighted by Crippen LogP contribution is 2.15. The van der Waals surface area contributed by atoms with Gasteiger partial charge in [0.2, 0.25) is 0 Å². The molecule has 102 valence electrons. The van der Waals surface area contributed by atoms with E-state index in [2.05, 4.69) is 30.2 Å². The summed E-state index contributed by atoms with van der Waals surface area (Å²) in [5.41, 5.74) is 0.545. The van der Waals surface area contributed by atoms with Gasteiger partial charge in [-0.3, -0.25) is 4.79 Å². The predicted octanol–water partition coefficient (Wildman–Crippen LogP) is 2.14. The second-order valence-electron chi connectivity index (χ2n) is 4.70. The molecule has 5 nitrogen and oxygen atoms in total. The molecule has 0 radical (unpaired) electrons. The maximum absolute atomic E-state index is 12.5. The van der Waals surface area contributed by atoms with Gasteiger partial charge in [-0.15, -0.1) is 0 Å². The lowest BCUT2D eigenvalue weighted by Crippen LogP contribution is -2.35. The van der Waals surface area contributed by atoms with Crippen LogP contribution >= 0.6 is 0 Å². The summed E-state index contributed by atoms with van der Waals surface area (Å²) in [5, 5.41) is 11.6. The van der Waals surface area contributed by atoms with Gasteiger partial charge < -0.3 is 10.2 Å². The Balaban J connectivity index is 2.94. The van der Waals surface area contributed by atoms with Crippen molar-refractivity contribution < 1.29 is 4.79 Å². The first kappa shape index (κ1) is 15.0. The normalized spacial score (nSPS) is 10.1. The molecule has 19 heavy (non-hydrogen) atoms. The van der Waals surface area contributed by atoms with Crippen molar-refractivity contribution in [3.05, 3.63) is 23.9 Å². The van der Waals surface area contributed by atoms with Gasteiger partial charge in [0.15, 0.2) is 0 Å². The summed E-state index contributed by atoms with van der Waals surface area (Å²) in [4.78, 5) is 18.4. The topological polar surface area (TPSA) is 69.0 Å². The minimum atomic E-state index is -0.0820. The van der Waals surface area contributed by atoms with E-state index in [-0.39, 0.29) is 5.91 Å². The van der Waals surface area contributed by atoms with Crippen molar-refractivity contribution >= 4 is 11.7 Å². The molecule has 0 saturated carbocycles. The molecular formula is C14H20N4O. The first-order valence-corrected chi connectivity index (χ1v) is 6.39. The Labute approximate surface area is 114 Å². The minimum Gasteiger partial charge on any atom is -0.372 e. The molecule has 0 aliphatic rings. The van der Waals surface area contributed by atoms with Crippen LogP contribution in [0.15, 0.2) is 18.3 Å². The Morgan fingerprint density at radius 2 is 2.32 bits per heavy atom. The van der Waals surface area contributed by atoms with Crippen LogP contribution in [-0.4, -0.2) is 35.9 Å². The lowest BCUT2D eigenvalue weighted by molar-refractivity contribution is 0.0740. The van der Waals surface area contributed by atoms with Crippen LogP contribution in [0.25, 0.3) is 0 Å². The molecule has 5 heteroatoms. The van der Waals surface area contributed by atoms with Crippen LogP contribution < -0.4 is 5.32 Å². The molecule has 0 fully saturated rings. The number of hydrogen-bond acceptors (Lipinski definition) is 4. The highest BCUT2D eigenvalue weighted by molar-refractivity contribution is 5.98. The average molecular weight is 260 g/mol. The van der Waals surface area contributed by atoms with Crippen molar-refractivity contribution in [2.24, 2.45) is 5.92 Å². The molecule has 1 N–H and O–H groups in total. The first-order valence-electron chi connectivity index (χ1n) is 6.39. The predicted molar refractivity (Wildman–Crippen MR) is 74.8 cm³/mol. The lowest BCUT2D eigenvalue weighted by atomic mass is 10.1. The molecule has 1 heterocycles. The molecule has 0 unspecified atom stereocenters. The third-order valence-corrected chi connectivity index (χ3v) is 2.64. The van der Waals surface area contributed by atoms with Gasteiger partial charge in [-0.2, -0.15) is 5.26 Å². The van der Waals surface area contributed by atoms with Gasteiger partial charge >= 0.3 is 0 Å². The lowest BCUT2D eigenvalue weighted by Gasteiger charge is -2.24. The number of aromatic nitrogens is 1. The van der Waals surface area contributed by atoms with E-state index in [4.69, 9.17) is 5.26 Å². The zero-order valence-corrected chi connectivity index (χ0v) is 11.7. The van der Waals surface area contributed by atoms with Crippen molar-refractivity contribution in [2.75, 3.05) is 25.5 Å². The molecule has 0 atom stereocenters. The number of hydrogen-bond donors (Lipinski definition) is 1.